The van der Waals surface area contributed by atoms with E-state index in [2.05, 4.69) is 26.0 Å². The lowest BCUT2D eigenvalue weighted by molar-refractivity contribution is -0.129. The normalized spacial score (nSPS) is 10.7. The van der Waals surface area contributed by atoms with Crippen LogP contribution in [0.5, 0.6) is 0 Å². The highest BCUT2D eigenvalue weighted by Gasteiger charge is 2.02. The number of rotatable bonds is 7. The summed E-state index contributed by atoms with van der Waals surface area (Å²) in [4.78, 5) is 11.0. The fourth-order valence-corrected chi connectivity index (χ4v) is 1.97. The van der Waals surface area contributed by atoms with E-state index in [0.29, 0.717) is 12.8 Å². The minimum Gasteiger partial charge on any atom is -0.289 e. The Hall–Kier alpha value is -1.35. The fraction of sp³-hybridized carbons (Fsp3) is 0.533. The molecule has 2 N–H and O–H groups in total. The van der Waals surface area contributed by atoms with Crippen LogP contribution in [0.3, 0.4) is 0 Å². The number of hydrogen-bond acceptors (Lipinski definition) is 2. The molecule has 0 fully saturated rings. The van der Waals surface area contributed by atoms with E-state index in [-0.39, 0.29) is 5.91 Å². The number of carbonyl (C=O) groups excluding carboxylic acids is 1. The Labute approximate surface area is 109 Å². The zero-order chi connectivity index (χ0) is 13.4. The molecule has 0 spiro atoms. The molecule has 0 unspecified atom stereocenters. The van der Waals surface area contributed by atoms with Crippen LogP contribution in [-0.2, 0) is 17.6 Å². The van der Waals surface area contributed by atoms with Crippen LogP contribution in [0.15, 0.2) is 24.3 Å². The van der Waals surface area contributed by atoms with Crippen LogP contribution >= 0.6 is 0 Å². The first-order valence-electron chi connectivity index (χ1n) is 6.62. The average molecular weight is 249 g/mol. The van der Waals surface area contributed by atoms with E-state index in [4.69, 9.17) is 5.21 Å². The maximum absolute atomic E-state index is 11.0. The second-order valence-electron chi connectivity index (χ2n) is 5.14. The molecule has 0 aliphatic carbocycles. The lowest BCUT2D eigenvalue weighted by Crippen LogP contribution is -2.18. The minimum absolute atomic E-state index is 0.325. The van der Waals surface area contributed by atoms with Gasteiger partial charge in [0, 0.05) is 6.42 Å². The van der Waals surface area contributed by atoms with Crippen molar-refractivity contribution >= 4 is 5.91 Å². The lowest BCUT2D eigenvalue weighted by atomic mass is 10.00. The van der Waals surface area contributed by atoms with Crippen LogP contribution in [0.2, 0.25) is 0 Å². The first-order chi connectivity index (χ1) is 8.61. The van der Waals surface area contributed by atoms with Crippen LogP contribution in [0.4, 0.5) is 0 Å². The lowest BCUT2D eigenvalue weighted by Gasteiger charge is -2.06. The van der Waals surface area contributed by atoms with E-state index in [0.717, 1.165) is 17.9 Å². The molecule has 0 atom stereocenters. The minimum atomic E-state index is -0.333. The van der Waals surface area contributed by atoms with Crippen molar-refractivity contribution in [2.45, 2.75) is 46.0 Å². The molecule has 0 aliphatic heterocycles. The van der Waals surface area contributed by atoms with Gasteiger partial charge in [0.15, 0.2) is 0 Å². The molecule has 0 aromatic heterocycles. The smallest absolute Gasteiger partial charge is 0.243 e. The maximum Gasteiger partial charge on any atom is 0.243 e. The van der Waals surface area contributed by atoms with Gasteiger partial charge in [0.1, 0.15) is 0 Å². The molecule has 1 rings (SSSR count). The summed E-state index contributed by atoms with van der Waals surface area (Å²) in [6, 6.07) is 8.36. The van der Waals surface area contributed by atoms with Crippen molar-refractivity contribution in [2.75, 3.05) is 0 Å². The number of aryl methyl sites for hydroxylation is 2. The van der Waals surface area contributed by atoms with Gasteiger partial charge in [-0.3, -0.25) is 10.0 Å². The van der Waals surface area contributed by atoms with Gasteiger partial charge >= 0.3 is 0 Å². The molecule has 1 aromatic carbocycles. The highest BCUT2D eigenvalue weighted by atomic mass is 16.5. The molecule has 3 heteroatoms. The van der Waals surface area contributed by atoms with Gasteiger partial charge < -0.3 is 0 Å². The van der Waals surface area contributed by atoms with Crippen LogP contribution in [-0.4, -0.2) is 11.1 Å². The third-order valence-electron chi connectivity index (χ3n) is 3.00. The monoisotopic (exact) mass is 249 g/mol. The first-order valence-corrected chi connectivity index (χ1v) is 6.62. The summed E-state index contributed by atoms with van der Waals surface area (Å²) in [6.45, 7) is 4.48. The molecule has 0 saturated heterocycles. The molecule has 100 valence electrons. The molecule has 0 bridgehead atoms. The highest BCUT2D eigenvalue weighted by molar-refractivity contribution is 5.74. The molecule has 18 heavy (non-hydrogen) atoms. The van der Waals surface area contributed by atoms with Crippen LogP contribution in [0.1, 0.15) is 44.2 Å². The first kappa shape index (κ1) is 14.7. The van der Waals surface area contributed by atoms with Gasteiger partial charge in [-0.1, -0.05) is 44.5 Å². The summed E-state index contributed by atoms with van der Waals surface area (Å²) in [5.41, 5.74) is 4.14. The van der Waals surface area contributed by atoms with E-state index in [1.54, 1.807) is 5.48 Å². The quantitative estimate of drug-likeness (QED) is 0.576. The van der Waals surface area contributed by atoms with E-state index in [1.807, 2.05) is 12.1 Å². The zero-order valence-electron chi connectivity index (χ0n) is 11.3. The SMILES string of the molecule is CC(C)CCCc1cccc(CCC(=O)NO)c1. The maximum atomic E-state index is 11.0. The molecule has 1 amide bonds. The van der Waals surface area contributed by atoms with Crippen molar-refractivity contribution in [3.63, 3.8) is 0 Å². The van der Waals surface area contributed by atoms with Crippen molar-refractivity contribution in [3.8, 4) is 0 Å². The number of amides is 1. The molecule has 0 aliphatic rings. The van der Waals surface area contributed by atoms with Crippen molar-refractivity contribution < 1.29 is 10.0 Å². The molecule has 1 aromatic rings. The Morgan fingerprint density at radius 3 is 2.56 bits per heavy atom. The topological polar surface area (TPSA) is 49.3 Å². The molecule has 0 heterocycles. The summed E-state index contributed by atoms with van der Waals surface area (Å²) in [7, 11) is 0. The Kier molecular flexibility index (Phi) is 6.44. The third kappa shape index (κ3) is 5.82. The zero-order valence-corrected chi connectivity index (χ0v) is 11.3. The molecule has 3 nitrogen and oxygen atoms in total. The van der Waals surface area contributed by atoms with Gasteiger partial charge in [-0.15, -0.1) is 0 Å². The van der Waals surface area contributed by atoms with E-state index >= 15 is 0 Å². The van der Waals surface area contributed by atoms with Crippen molar-refractivity contribution in [3.05, 3.63) is 35.4 Å². The predicted octanol–water partition coefficient (Wildman–Crippen LogP) is 3.10. The summed E-state index contributed by atoms with van der Waals surface area (Å²) in [6.07, 6.45) is 4.55. The van der Waals surface area contributed by atoms with Gasteiger partial charge in [-0.2, -0.15) is 0 Å². The Bertz CT molecular complexity index is 375. The van der Waals surface area contributed by atoms with Gasteiger partial charge in [0.25, 0.3) is 0 Å². The van der Waals surface area contributed by atoms with Gasteiger partial charge in [0.2, 0.25) is 5.91 Å². The molecule has 0 radical (unpaired) electrons. The average Bonchev–Trinajstić information content (AvgIpc) is 2.36. The Balaban J connectivity index is 2.43. The largest absolute Gasteiger partial charge is 0.289 e. The van der Waals surface area contributed by atoms with Crippen molar-refractivity contribution in [1.29, 1.82) is 0 Å². The molecular formula is C15H23NO2. The number of nitrogens with one attached hydrogen (secondary N) is 1. The van der Waals surface area contributed by atoms with Gasteiger partial charge in [-0.25, -0.2) is 5.48 Å². The van der Waals surface area contributed by atoms with E-state index in [1.165, 1.54) is 18.4 Å². The number of hydrogen-bond donors (Lipinski definition) is 2. The van der Waals surface area contributed by atoms with E-state index in [9.17, 15) is 4.79 Å². The van der Waals surface area contributed by atoms with Gasteiger partial charge in [-0.05, 0) is 36.3 Å². The van der Waals surface area contributed by atoms with E-state index < -0.39 is 0 Å². The second-order valence-corrected chi connectivity index (χ2v) is 5.14. The highest BCUT2D eigenvalue weighted by Crippen LogP contribution is 2.12. The number of benzene rings is 1. The van der Waals surface area contributed by atoms with Gasteiger partial charge in [0.05, 0.1) is 0 Å². The standard InChI is InChI=1S/C15H23NO2/c1-12(2)5-3-6-13-7-4-8-14(11-13)9-10-15(17)16-18/h4,7-8,11-12,18H,3,5-6,9-10H2,1-2H3,(H,16,17). The second kappa shape index (κ2) is 7.88. The van der Waals surface area contributed by atoms with Crippen LogP contribution in [0, 0.1) is 5.92 Å². The fourth-order valence-electron chi connectivity index (χ4n) is 1.97. The Morgan fingerprint density at radius 1 is 1.28 bits per heavy atom. The summed E-state index contributed by atoms with van der Waals surface area (Å²) in [5.74, 6) is 0.418. The molecule has 0 saturated carbocycles. The summed E-state index contributed by atoms with van der Waals surface area (Å²) in [5, 5.41) is 8.44. The third-order valence-corrected chi connectivity index (χ3v) is 3.00. The Morgan fingerprint density at radius 2 is 1.94 bits per heavy atom. The number of hydroxylamine groups is 1. The summed E-state index contributed by atoms with van der Waals surface area (Å²) >= 11 is 0. The number of carbonyl (C=O) groups is 1. The predicted molar refractivity (Wildman–Crippen MR) is 72.5 cm³/mol. The van der Waals surface area contributed by atoms with Crippen molar-refractivity contribution in [1.82, 2.24) is 5.48 Å². The van der Waals surface area contributed by atoms with Crippen LogP contribution in [0.25, 0.3) is 0 Å². The van der Waals surface area contributed by atoms with Crippen LogP contribution < -0.4 is 5.48 Å². The van der Waals surface area contributed by atoms with Crippen molar-refractivity contribution in [2.24, 2.45) is 5.92 Å². The summed E-state index contributed by atoms with van der Waals surface area (Å²) < 4.78 is 0. The molecular weight excluding hydrogens is 226 g/mol.